The number of nitrogens with two attached hydrogens (primary N) is 1. The molecule has 0 aromatic heterocycles. The summed E-state index contributed by atoms with van der Waals surface area (Å²) >= 11 is 0. The van der Waals surface area contributed by atoms with Crippen LogP contribution in [-0.2, 0) is 4.79 Å². The molecule has 1 amide bonds. The Morgan fingerprint density at radius 3 is 2.52 bits per heavy atom. The molecule has 0 aromatic rings. The van der Waals surface area contributed by atoms with Crippen LogP contribution in [0, 0.1) is 17.8 Å². The van der Waals surface area contributed by atoms with E-state index >= 15 is 0 Å². The van der Waals surface area contributed by atoms with E-state index in [1.165, 1.54) is 32.1 Å². The Balaban J connectivity index is 0.00000220. The zero-order chi connectivity index (χ0) is 14.5. The maximum Gasteiger partial charge on any atom is 0.223 e. The summed E-state index contributed by atoms with van der Waals surface area (Å²) < 4.78 is 0. The average molecular weight is 317 g/mol. The number of rotatable bonds is 4. The Hall–Kier alpha value is -0.280. The van der Waals surface area contributed by atoms with Crippen molar-refractivity contribution in [3.63, 3.8) is 0 Å². The van der Waals surface area contributed by atoms with Crippen molar-refractivity contribution in [1.29, 1.82) is 0 Å². The second kappa shape index (κ2) is 8.99. The summed E-state index contributed by atoms with van der Waals surface area (Å²) in [5, 5.41) is 0. The first-order chi connectivity index (χ1) is 9.61. The van der Waals surface area contributed by atoms with Crippen LogP contribution in [0.5, 0.6) is 0 Å². The molecule has 1 heterocycles. The highest BCUT2D eigenvalue weighted by molar-refractivity contribution is 5.85. The highest BCUT2D eigenvalue weighted by atomic mass is 35.5. The van der Waals surface area contributed by atoms with Gasteiger partial charge in [-0.15, -0.1) is 12.4 Å². The minimum Gasteiger partial charge on any atom is -0.338 e. The fourth-order valence-electron chi connectivity index (χ4n) is 4.07. The van der Waals surface area contributed by atoms with Crippen LogP contribution in [0.3, 0.4) is 0 Å². The third-order valence-electron chi connectivity index (χ3n) is 5.52. The van der Waals surface area contributed by atoms with E-state index < -0.39 is 0 Å². The van der Waals surface area contributed by atoms with Crippen molar-refractivity contribution in [2.75, 3.05) is 13.1 Å². The number of carbonyl (C=O) groups excluding carboxylic acids is 1. The zero-order valence-corrected chi connectivity index (χ0v) is 14.5. The third kappa shape index (κ3) is 5.14. The lowest BCUT2D eigenvalue weighted by atomic mass is 9.79. The highest BCUT2D eigenvalue weighted by Crippen LogP contribution is 2.32. The van der Waals surface area contributed by atoms with Crippen molar-refractivity contribution in [2.24, 2.45) is 23.5 Å². The summed E-state index contributed by atoms with van der Waals surface area (Å²) in [6.07, 6.45) is 9.70. The number of halogens is 1. The van der Waals surface area contributed by atoms with Crippen LogP contribution in [0.2, 0.25) is 0 Å². The van der Waals surface area contributed by atoms with Crippen molar-refractivity contribution in [3.05, 3.63) is 0 Å². The van der Waals surface area contributed by atoms with Gasteiger partial charge in [-0.25, -0.2) is 0 Å². The summed E-state index contributed by atoms with van der Waals surface area (Å²) in [6, 6.07) is 0.282. The molecular weight excluding hydrogens is 284 g/mol. The molecule has 1 saturated heterocycles. The first kappa shape index (κ1) is 18.8. The van der Waals surface area contributed by atoms with Crippen molar-refractivity contribution >= 4 is 18.3 Å². The van der Waals surface area contributed by atoms with Crippen LogP contribution >= 0.6 is 12.4 Å². The fraction of sp³-hybridized carbons (Fsp3) is 0.941. The molecule has 2 N–H and O–H groups in total. The Morgan fingerprint density at radius 1 is 1.24 bits per heavy atom. The molecule has 2 aliphatic rings. The number of likely N-dealkylation sites (tertiary alicyclic amines) is 1. The first-order valence-electron chi connectivity index (χ1n) is 8.61. The van der Waals surface area contributed by atoms with Gasteiger partial charge in [0, 0.05) is 25.6 Å². The Labute approximate surface area is 136 Å². The number of carbonyl (C=O) groups is 1. The number of nitrogens with zero attached hydrogens (tertiary/aromatic N) is 1. The molecule has 1 aliphatic carbocycles. The van der Waals surface area contributed by atoms with E-state index in [1.54, 1.807) is 0 Å². The van der Waals surface area contributed by atoms with E-state index in [0.717, 1.165) is 31.7 Å². The van der Waals surface area contributed by atoms with E-state index in [9.17, 15) is 4.79 Å². The molecule has 0 aromatic carbocycles. The van der Waals surface area contributed by atoms with Gasteiger partial charge in [0.15, 0.2) is 0 Å². The lowest BCUT2D eigenvalue weighted by molar-refractivity contribution is -0.136. The third-order valence-corrected chi connectivity index (χ3v) is 5.52. The van der Waals surface area contributed by atoms with Crippen LogP contribution in [-0.4, -0.2) is 29.9 Å². The van der Waals surface area contributed by atoms with Gasteiger partial charge in [0.25, 0.3) is 0 Å². The standard InChI is InChI=1S/C17H32N2O.ClH/c1-13-8-9-19(16(10-13)12-18)17(20)11-14(2)15-6-4-3-5-7-15;/h13-16H,3-12,18H2,1-2H3;1H. The first-order valence-corrected chi connectivity index (χ1v) is 8.61. The normalized spacial score (nSPS) is 28.8. The van der Waals surface area contributed by atoms with Crippen LogP contribution in [0.25, 0.3) is 0 Å². The molecule has 4 heteroatoms. The summed E-state index contributed by atoms with van der Waals surface area (Å²) in [4.78, 5) is 14.7. The fourth-order valence-corrected chi connectivity index (χ4v) is 4.07. The lowest BCUT2D eigenvalue weighted by Crippen LogP contribution is -2.49. The monoisotopic (exact) mass is 316 g/mol. The van der Waals surface area contributed by atoms with Crippen LogP contribution in [0.15, 0.2) is 0 Å². The summed E-state index contributed by atoms with van der Waals surface area (Å²) in [5.41, 5.74) is 5.87. The predicted octanol–water partition coefficient (Wildman–Crippen LogP) is 3.60. The minimum absolute atomic E-state index is 0. The van der Waals surface area contributed by atoms with Crippen LogP contribution < -0.4 is 5.73 Å². The molecule has 0 spiro atoms. The van der Waals surface area contributed by atoms with Gasteiger partial charge in [0.05, 0.1) is 0 Å². The minimum atomic E-state index is 0. The Bertz CT molecular complexity index is 318. The number of piperidine rings is 1. The van der Waals surface area contributed by atoms with Crippen molar-refractivity contribution in [1.82, 2.24) is 4.90 Å². The number of hydrogen-bond donors (Lipinski definition) is 1. The van der Waals surface area contributed by atoms with E-state index in [4.69, 9.17) is 5.73 Å². The van der Waals surface area contributed by atoms with Crippen LogP contribution in [0.1, 0.15) is 65.2 Å². The smallest absolute Gasteiger partial charge is 0.223 e. The van der Waals surface area contributed by atoms with Gasteiger partial charge in [0.1, 0.15) is 0 Å². The molecule has 2 fully saturated rings. The molecule has 124 valence electrons. The number of hydrogen-bond acceptors (Lipinski definition) is 2. The molecule has 0 bridgehead atoms. The molecule has 0 radical (unpaired) electrons. The van der Waals surface area contributed by atoms with Gasteiger partial charge >= 0.3 is 0 Å². The summed E-state index contributed by atoms with van der Waals surface area (Å²) in [6.45, 7) is 6.08. The van der Waals surface area contributed by atoms with E-state index in [2.05, 4.69) is 18.7 Å². The van der Waals surface area contributed by atoms with Crippen molar-refractivity contribution in [2.45, 2.75) is 71.3 Å². The summed E-state index contributed by atoms with van der Waals surface area (Å²) in [7, 11) is 0. The number of amides is 1. The molecule has 2 rings (SSSR count). The Morgan fingerprint density at radius 2 is 1.90 bits per heavy atom. The highest BCUT2D eigenvalue weighted by Gasteiger charge is 2.31. The molecule has 3 atom stereocenters. The molecule has 3 nitrogen and oxygen atoms in total. The van der Waals surface area contributed by atoms with Gasteiger partial charge in [-0.05, 0) is 30.6 Å². The maximum absolute atomic E-state index is 12.6. The molecule has 3 unspecified atom stereocenters. The van der Waals surface area contributed by atoms with Crippen molar-refractivity contribution in [3.8, 4) is 0 Å². The molecule has 1 saturated carbocycles. The quantitative estimate of drug-likeness (QED) is 0.861. The second-order valence-electron chi connectivity index (χ2n) is 7.19. The van der Waals surface area contributed by atoms with E-state index in [0.29, 0.717) is 24.3 Å². The van der Waals surface area contributed by atoms with Gasteiger partial charge < -0.3 is 10.6 Å². The molecular formula is C17H33ClN2O. The SMILES string of the molecule is CC1CCN(C(=O)CC(C)C2CCCCC2)C(CN)C1.Cl. The Kier molecular flexibility index (Phi) is 8.04. The zero-order valence-electron chi connectivity index (χ0n) is 13.7. The van der Waals surface area contributed by atoms with Crippen molar-refractivity contribution < 1.29 is 4.79 Å². The van der Waals surface area contributed by atoms with Gasteiger partial charge in [-0.1, -0.05) is 46.0 Å². The van der Waals surface area contributed by atoms with Gasteiger partial charge in [0.2, 0.25) is 5.91 Å². The van der Waals surface area contributed by atoms with Gasteiger partial charge in [-0.2, -0.15) is 0 Å². The summed E-state index contributed by atoms with van der Waals surface area (Å²) in [5.74, 6) is 2.38. The topological polar surface area (TPSA) is 46.3 Å². The van der Waals surface area contributed by atoms with Crippen LogP contribution in [0.4, 0.5) is 0 Å². The van der Waals surface area contributed by atoms with E-state index in [-0.39, 0.29) is 18.4 Å². The predicted molar refractivity (Wildman–Crippen MR) is 90.6 cm³/mol. The lowest BCUT2D eigenvalue weighted by Gasteiger charge is -2.39. The second-order valence-corrected chi connectivity index (χ2v) is 7.19. The largest absolute Gasteiger partial charge is 0.338 e. The maximum atomic E-state index is 12.6. The average Bonchev–Trinajstić information content (AvgIpc) is 2.47. The molecule has 1 aliphatic heterocycles. The van der Waals surface area contributed by atoms with E-state index in [1.807, 2.05) is 0 Å². The molecule has 21 heavy (non-hydrogen) atoms. The van der Waals surface area contributed by atoms with Gasteiger partial charge in [-0.3, -0.25) is 4.79 Å².